The van der Waals surface area contributed by atoms with E-state index in [1.807, 2.05) is 32.0 Å². The molecular formula is C16H15FN2. The normalized spacial score (nSPS) is 10.0. The lowest BCUT2D eigenvalue weighted by Crippen LogP contribution is -2.04. The van der Waals surface area contributed by atoms with Crippen LogP contribution in [0.5, 0.6) is 0 Å². The third-order valence-corrected chi connectivity index (χ3v) is 3.09. The largest absolute Gasteiger partial charge is 0.380 e. The van der Waals surface area contributed by atoms with Gasteiger partial charge in [0.2, 0.25) is 0 Å². The van der Waals surface area contributed by atoms with Gasteiger partial charge in [-0.1, -0.05) is 29.8 Å². The number of rotatable bonds is 3. The van der Waals surface area contributed by atoms with Gasteiger partial charge in [-0.05, 0) is 37.1 Å². The van der Waals surface area contributed by atoms with Gasteiger partial charge in [-0.25, -0.2) is 4.39 Å². The number of anilines is 1. The highest BCUT2D eigenvalue weighted by Crippen LogP contribution is 2.19. The van der Waals surface area contributed by atoms with Crippen molar-refractivity contribution in [3.63, 3.8) is 0 Å². The van der Waals surface area contributed by atoms with Crippen molar-refractivity contribution in [2.45, 2.75) is 20.4 Å². The van der Waals surface area contributed by atoms with Crippen LogP contribution >= 0.6 is 0 Å². The number of benzene rings is 2. The third kappa shape index (κ3) is 2.92. The molecule has 0 aliphatic rings. The average Bonchev–Trinajstić information content (AvgIpc) is 2.38. The third-order valence-electron chi connectivity index (χ3n) is 3.09. The number of hydrogen-bond acceptors (Lipinski definition) is 2. The van der Waals surface area contributed by atoms with Gasteiger partial charge in [0.05, 0.1) is 5.69 Å². The molecule has 0 bridgehead atoms. The molecule has 2 aromatic carbocycles. The van der Waals surface area contributed by atoms with Crippen LogP contribution in [0.4, 0.5) is 10.1 Å². The second-order valence-corrected chi connectivity index (χ2v) is 4.56. The molecule has 0 saturated heterocycles. The molecule has 96 valence electrons. The van der Waals surface area contributed by atoms with Gasteiger partial charge in [0.1, 0.15) is 17.4 Å². The van der Waals surface area contributed by atoms with E-state index in [2.05, 4.69) is 11.4 Å². The molecule has 2 rings (SSSR count). The zero-order valence-electron chi connectivity index (χ0n) is 11.0. The summed E-state index contributed by atoms with van der Waals surface area (Å²) in [6.45, 7) is 4.66. The summed E-state index contributed by atoms with van der Waals surface area (Å²) in [4.78, 5) is 0. The maximum absolute atomic E-state index is 13.4. The number of nitrogens with zero attached hydrogens (tertiary/aromatic N) is 1. The Bertz CT molecular complexity index is 642. The summed E-state index contributed by atoms with van der Waals surface area (Å²) in [6.07, 6.45) is 0. The van der Waals surface area contributed by atoms with E-state index in [1.54, 1.807) is 12.1 Å². The monoisotopic (exact) mass is 254 g/mol. The van der Waals surface area contributed by atoms with E-state index in [4.69, 9.17) is 5.26 Å². The Morgan fingerprint density at radius 2 is 2.00 bits per heavy atom. The zero-order chi connectivity index (χ0) is 13.8. The molecule has 3 heteroatoms. The van der Waals surface area contributed by atoms with Crippen LogP contribution in [0.2, 0.25) is 0 Å². The molecule has 2 aromatic rings. The summed E-state index contributed by atoms with van der Waals surface area (Å²) in [5.41, 5.74) is 4.13. The van der Waals surface area contributed by atoms with Crippen molar-refractivity contribution in [2.24, 2.45) is 0 Å². The molecule has 0 aliphatic carbocycles. The summed E-state index contributed by atoms with van der Waals surface area (Å²) < 4.78 is 13.4. The molecule has 0 amide bonds. The number of hydrogen-bond donors (Lipinski definition) is 1. The number of nitrogens with one attached hydrogen (secondary N) is 1. The van der Waals surface area contributed by atoms with Crippen molar-refractivity contribution in [3.8, 4) is 6.07 Å². The Hall–Kier alpha value is -2.34. The van der Waals surface area contributed by atoms with E-state index in [0.717, 1.165) is 5.56 Å². The van der Waals surface area contributed by atoms with E-state index in [9.17, 15) is 4.39 Å². The van der Waals surface area contributed by atoms with E-state index in [1.165, 1.54) is 17.2 Å². The first-order valence-electron chi connectivity index (χ1n) is 6.10. The molecule has 0 spiro atoms. The van der Waals surface area contributed by atoms with Crippen molar-refractivity contribution >= 4 is 5.69 Å². The Morgan fingerprint density at radius 3 is 2.68 bits per heavy atom. The van der Waals surface area contributed by atoms with Crippen molar-refractivity contribution in [1.82, 2.24) is 0 Å². The lowest BCUT2D eigenvalue weighted by atomic mass is 10.1. The van der Waals surface area contributed by atoms with Crippen LogP contribution < -0.4 is 5.32 Å². The molecular weight excluding hydrogens is 239 g/mol. The number of halogens is 1. The first-order valence-corrected chi connectivity index (χ1v) is 6.10. The summed E-state index contributed by atoms with van der Waals surface area (Å²) in [6, 6.07) is 12.7. The Labute approximate surface area is 112 Å². The lowest BCUT2D eigenvalue weighted by Gasteiger charge is -2.11. The van der Waals surface area contributed by atoms with E-state index in [0.29, 0.717) is 12.2 Å². The zero-order valence-corrected chi connectivity index (χ0v) is 11.0. The SMILES string of the molecule is Cc1ccc(CNc2cccc(F)c2C#N)c(C)c1. The summed E-state index contributed by atoms with van der Waals surface area (Å²) >= 11 is 0. The minimum absolute atomic E-state index is 0.0623. The van der Waals surface area contributed by atoms with Gasteiger partial charge in [0, 0.05) is 6.54 Å². The minimum atomic E-state index is -0.492. The topological polar surface area (TPSA) is 35.8 Å². The Balaban J connectivity index is 2.20. The molecule has 0 atom stereocenters. The van der Waals surface area contributed by atoms with Crippen LogP contribution in [-0.2, 0) is 6.54 Å². The second-order valence-electron chi connectivity index (χ2n) is 4.56. The van der Waals surface area contributed by atoms with Crippen molar-refractivity contribution in [1.29, 1.82) is 5.26 Å². The molecule has 19 heavy (non-hydrogen) atoms. The van der Waals surface area contributed by atoms with Crippen molar-refractivity contribution in [2.75, 3.05) is 5.32 Å². The molecule has 0 heterocycles. The summed E-state index contributed by atoms with van der Waals surface area (Å²) in [5.74, 6) is -0.492. The quantitative estimate of drug-likeness (QED) is 0.900. The maximum Gasteiger partial charge on any atom is 0.143 e. The van der Waals surface area contributed by atoms with E-state index >= 15 is 0 Å². The van der Waals surface area contributed by atoms with Crippen molar-refractivity contribution < 1.29 is 4.39 Å². The van der Waals surface area contributed by atoms with Crippen LogP contribution in [0.3, 0.4) is 0 Å². The molecule has 0 radical (unpaired) electrons. The van der Waals surface area contributed by atoms with Gasteiger partial charge in [0.15, 0.2) is 0 Å². The highest BCUT2D eigenvalue weighted by molar-refractivity contribution is 5.58. The van der Waals surface area contributed by atoms with Gasteiger partial charge in [-0.3, -0.25) is 0 Å². The highest BCUT2D eigenvalue weighted by Gasteiger charge is 2.07. The number of nitriles is 1. The molecule has 0 aliphatic heterocycles. The summed E-state index contributed by atoms with van der Waals surface area (Å²) in [7, 11) is 0. The summed E-state index contributed by atoms with van der Waals surface area (Å²) in [5, 5.41) is 12.1. The first-order chi connectivity index (χ1) is 9.11. The first kappa shape index (κ1) is 13.1. The number of aryl methyl sites for hydroxylation is 2. The van der Waals surface area contributed by atoms with Gasteiger partial charge in [-0.15, -0.1) is 0 Å². The standard InChI is InChI=1S/C16H15FN2/c1-11-6-7-13(12(2)8-11)10-19-16-5-3-4-15(17)14(16)9-18/h3-8,19H,10H2,1-2H3. The second kappa shape index (κ2) is 5.53. The molecule has 0 fully saturated rings. The van der Waals surface area contributed by atoms with Gasteiger partial charge < -0.3 is 5.32 Å². The van der Waals surface area contributed by atoms with Gasteiger partial charge in [0.25, 0.3) is 0 Å². The minimum Gasteiger partial charge on any atom is -0.380 e. The average molecular weight is 254 g/mol. The Kier molecular flexibility index (Phi) is 3.82. The predicted molar refractivity (Wildman–Crippen MR) is 74.4 cm³/mol. The molecule has 1 N–H and O–H groups in total. The maximum atomic E-state index is 13.4. The molecule has 0 unspecified atom stereocenters. The lowest BCUT2D eigenvalue weighted by molar-refractivity contribution is 0.624. The fourth-order valence-electron chi connectivity index (χ4n) is 2.02. The van der Waals surface area contributed by atoms with Crippen LogP contribution in [0.1, 0.15) is 22.3 Å². The van der Waals surface area contributed by atoms with Crippen LogP contribution in [0, 0.1) is 31.0 Å². The Morgan fingerprint density at radius 1 is 1.21 bits per heavy atom. The fraction of sp³-hybridized carbons (Fsp3) is 0.188. The smallest absolute Gasteiger partial charge is 0.143 e. The molecule has 0 saturated carbocycles. The highest BCUT2D eigenvalue weighted by atomic mass is 19.1. The van der Waals surface area contributed by atoms with E-state index < -0.39 is 5.82 Å². The molecule has 0 aromatic heterocycles. The van der Waals surface area contributed by atoms with Crippen LogP contribution in [0.15, 0.2) is 36.4 Å². The van der Waals surface area contributed by atoms with Crippen molar-refractivity contribution in [3.05, 3.63) is 64.5 Å². The van der Waals surface area contributed by atoms with Gasteiger partial charge >= 0.3 is 0 Å². The van der Waals surface area contributed by atoms with Gasteiger partial charge in [-0.2, -0.15) is 5.26 Å². The van der Waals surface area contributed by atoms with E-state index in [-0.39, 0.29) is 5.56 Å². The predicted octanol–water partition coefficient (Wildman–Crippen LogP) is 3.93. The van der Waals surface area contributed by atoms with Crippen LogP contribution in [-0.4, -0.2) is 0 Å². The van der Waals surface area contributed by atoms with Crippen LogP contribution in [0.25, 0.3) is 0 Å². The fourth-order valence-corrected chi connectivity index (χ4v) is 2.02. The molecule has 2 nitrogen and oxygen atoms in total.